The van der Waals surface area contributed by atoms with Gasteiger partial charge in [0.25, 0.3) is 0 Å². The van der Waals surface area contributed by atoms with Crippen molar-refractivity contribution in [2.24, 2.45) is 0 Å². The maximum absolute atomic E-state index is 14.0. The van der Waals surface area contributed by atoms with Gasteiger partial charge in [-0.05, 0) is 38.1 Å². The molecule has 0 spiro atoms. The standard InChI is InChI=1S/C16H16F2O2/c1-3-19-11-5-7-13(15(17)9-11)14-8-6-12(20-4-2)10-16(14)18/h5-10H,3-4H2,1-2H3. The van der Waals surface area contributed by atoms with Crippen molar-refractivity contribution < 1.29 is 18.3 Å². The van der Waals surface area contributed by atoms with Gasteiger partial charge in [-0.15, -0.1) is 0 Å². The van der Waals surface area contributed by atoms with Crippen molar-refractivity contribution in [3.05, 3.63) is 48.0 Å². The number of halogens is 2. The van der Waals surface area contributed by atoms with Crippen molar-refractivity contribution in [2.45, 2.75) is 13.8 Å². The normalized spacial score (nSPS) is 10.4. The Hall–Kier alpha value is -2.10. The van der Waals surface area contributed by atoms with Crippen molar-refractivity contribution in [1.29, 1.82) is 0 Å². The third-order valence-electron chi connectivity index (χ3n) is 2.79. The average molecular weight is 278 g/mol. The van der Waals surface area contributed by atoms with Crippen LogP contribution in [-0.2, 0) is 0 Å². The van der Waals surface area contributed by atoms with E-state index in [0.29, 0.717) is 24.7 Å². The van der Waals surface area contributed by atoms with Crippen molar-refractivity contribution in [3.63, 3.8) is 0 Å². The fraction of sp³-hybridized carbons (Fsp3) is 0.250. The molecule has 0 aromatic heterocycles. The number of hydrogen-bond donors (Lipinski definition) is 0. The van der Waals surface area contributed by atoms with Crippen LogP contribution in [0.3, 0.4) is 0 Å². The summed E-state index contributed by atoms with van der Waals surface area (Å²) in [6.45, 7) is 4.54. The van der Waals surface area contributed by atoms with Crippen molar-refractivity contribution in [3.8, 4) is 22.6 Å². The highest BCUT2D eigenvalue weighted by Crippen LogP contribution is 2.30. The molecule has 106 valence electrons. The van der Waals surface area contributed by atoms with Crippen molar-refractivity contribution in [2.75, 3.05) is 13.2 Å². The molecule has 0 fully saturated rings. The Kier molecular flexibility index (Phi) is 4.56. The summed E-state index contributed by atoms with van der Waals surface area (Å²) in [4.78, 5) is 0. The van der Waals surface area contributed by atoms with E-state index >= 15 is 0 Å². The minimum absolute atomic E-state index is 0.203. The highest BCUT2D eigenvalue weighted by atomic mass is 19.1. The van der Waals surface area contributed by atoms with Crippen LogP contribution in [0, 0.1) is 11.6 Å². The van der Waals surface area contributed by atoms with E-state index in [1.165, 1.54) is 24.3 Å². The minimum atomic E-state index is -0.515. The lowest BCUT2D eigenvalue weighted by Crippen LogP contribution is -1.95. The molecule has 20 heavy (non-hydrogen) atoms. The van der Waals surface area contributed by atoms with Gasteiger partial charge in [-0.25, -0.2) is 8.78 Å². The highest BCUT2D eigenvalue weighted by molar-refractivity contribution is 5.66. The van der Waals surface area contributed by atoms with E-state index in [1.807, 2.05) is 13.8 Å². The van der Waals surface area contributed by atoms with Crippen LogP contribution in [0.1, 0.15) is 13.8 Å². The van der Waals surface area contributed by atoms with Gasteiger partial charge < -0.3 is 9.47 Å². The van der Waals surface area contributed by atoms with Crippen LogP contribution in [0.5, 0.6) is 11.5 Å². The summed E-state index contributed by atoms with van der Waals surface area (Å²) < 4.78 is 38.4. The fourth-order valence-corrected chi connectivity index (χ4v) is 1.94. The van der Waals surface area contributed by atoms with Crippen LogP contribution < -0.4 is 9.47 Å². The maximum Gasteiger partial charge on any atom is 0.134 e. The van der Waals surface area contributed by atoms with E-state index in [0.717, 1.165) is 0 Å². The fourth-order valence-electron chi connectivity index (χ4n) is 1.94. The first-order chi connectivity index (χ1) is 9.65. The largest absolute Gasteiger partial charge is 0.494 e. The molecule has 0 heterocycles. The Bertz CT molecular complexity index is 544. The van der Waals surface area contributed by atoms with E-state index in [9.17, 15) is 8.78 Å². The summed E-state index contributed by atoms with van der Waals surface area (Å²) in [5, 5.41) is 0. The van der Waals surface area contributed by atoms with Crippen molar-refractivity contribution in [1.82, 2.24) is 0 Å². The van der Waals surface area contributed by atoms with E-state index < -0.39 is 11.6 Å². The van der Waals surface area contributed by atoms with Gasteiger partial charge in [0.2, 0.25) is 0 Å². The first-order valence-corrected chi connectivity index (χ1v) is 6.50. The minimum Gasteiger partial charge on any atom is -0.494 e. The van der Waals surface area contributed by atoms with Crippen molar-refractivity contribution >= 4 is 0 Å². The monoisotopic (exact) mass is 278 g/mol. The summed E-state index contributed by atoms with van der Waals surface area (Å²) >= 11 is 0. The third-order valence-corrected chi connectivity index (χ3v) is 2.79. The number of rotatable bonds is 5. The van der Waals surface area contributed by atoms with Gasteiger partial charge in [-0.2, -0.15) is 0 Å². The van der Waals surface area contributed by atoms with Gasteiger partial charge in [0.15, 0.2) is 0 Å². The van der Waals surface area contributed by atoms with Gasteiger partial charge in [0, 0.05) is 23.3 Å². The topological polar surface area (TPSA) is 18.5 Å². The Morgan fingerprint density at radius 2 is 1.15 bits per heavy atom. The average Bonchev–Trinajstić information content (AvgIpc) is 2.41. The smallest absolute Gasteiger partial charge is 0.134 e. The summed E-state index contributed by atoms with van der Waals surface area (Å²) in [5.41, 5.74) is 0.406. The zero-order valence-corrected chi connectivity index (χ0v) is 11.5. The second-order valence-corrected chi connectivity index (χ2v) is 4.15. The molecule has 2 aromatic carbocycles. The Morgan fingerprint density at radius 3 is 1.45 bits per heavy atom. The summed E-state index contributed by atoms with van der Waals surface area (Å²) in [5.74, 6) is -0.168. The summed E-state index contributed by atoms with van der Waals surface area (Å²) in [6, 6.07) is 8.79. The lowest BCUT2D eigenvalue weighted by atomic mass is 10.0. The molecule has 0 aliphatic carbocycles. The molecule has 2 rings (SSSR count). The Balaban J connectivity index is 2.36. The van der Waals surface area contributed by atoms with E-state index in [-0.39, 0.29) is 11.1 Å². The molecule has 0 aliphatic rings. The lowest BCUT2D eigenvalue weighted by molar-refractivity contribution is 0.337. The van der Waals surface area contributed by atoms with Gasteiger partial charge in [0.05, 0.1) is 13.2 Å². The maximum atomic E-state index is 14.0. The highest BCUT2D eigenvalue weighted by Gasteiger charge is 2.12. The Labute approximate surface area is 117 Å². The zero-order chi connectivity index (χ0) is 14.5. The van der Waals surface area contributed by atoms with Crippen LogP contribution in [0.25, 0.3) is 11.1 Å². The molecule has 2 aromatic rings. The predicted molar refractivity (Wildman–Crippen MR) is 74.1 cm³/mol. The first kappa shape index (κ1) is 14.3. The van der Waals surface area contributed by atoms with E-state index in [2.05, 4.69) is 0 Å². The molecule has 4 heteroatoms. The number of ether oxygens (including phenoxy) is 2. The molecular weight excluding hydrogens is 262 g/mol. The van der Waals surface area contributed by atoms with E-state index in [4.69, 9.17) is 9.47 Å². The SMILES string of the molecule is CCOc1ccc(-c2ccc(OCC)cc2F)c(F)c1. The molecule has 0 N–H and O–H groups in total. The zero-order valence-electron chi connectivity index (χ0n) is 11.5. The first-order valence-electron chi connectivity index (χ1n) is 6.50. The molecule has 0 bridgehead atoms. The van der Waals surface area contributed by atoms with Crippen LogP contribution in [0.4, 0.5) is 8.78 Å². The number of hydrogen-bond acceptors (Lipinski definition) is 2. The van der Waals surface area contributed by atoms with Crippen LogP contribution in [-0.4, -0.2) is 13.2 Å². The third kappa shape index (κ3) is 3.07. The van der Waals surface area contributed by atoms with Crippen LogP contribution >= 0.6 is 0 Å². The van der Waals surface area contributed by atoms with Crippen LogP contribution in [0.2, 0.25) is 0 Å². The molecular formula is C16H16F2O2. The number of benzene rings is 2. The Morgan fingerprint density at radius 1 is 0.750 bits per heavy atom. The molecule has 0 saturated heterocycles. The molecule has 0 atom stereocenters. The second kappa shape index (κ2) is 6.37. The summed E-state index contributed by atoms with van der Waals surface area (Å²) in [7, 11) is 0. The molecule has 0 unspecified atom stereocenters. The molecule has 0 amide bonds. The molecule has 2 nitrogen and oxygen atoms in total. The van der Waals surface area contributed by atoms with Gasteiger partial charge in [0.1, 0.15) is 23.1 Å². The van der Waals surface area contributed by atoms with Gasteiger partial charge in [-0.1, -0.05) is 0 Å². The molecule has 0 aliphatic heterocycles. The summed E-state index contributed by atoms with van der Waals surface area (Å²) in [6.07, 6.45) is 0. The predicted octanol–water partition coefficient (Wildman–Crippen LogP) is 4.43. The molecule has 0 radical (unpaired) electrons. The molecule has 0 saturated carbocycles. The quantitative estimate of drug-likeness (QED) is 0.805. The van der Waals surface area contributed by atoms with Gasteiger partial charge in [-0.3, -0.25) is 0 Å². The second-order valence-electron chi connectivity index (χ2n) is 4.15. The van der Waals surface area contributed by atoms with Crippen LogP contribution in [0.15, 0.2) is 36.4 Å². The van der Waals surface area contributed by atoms with Gasteiger partial charge >= 0.3 is 0 Å². The van der Waals surface area contributed by atoms with E-state index in [1.54, 1.807) is 12.1 Å². The lowest BCUT2D eigenvalue weighted by Gasteiger charge is -2.09.